The zero-order valence-corrected chi connectivity index (χ0v) is 4.32. The number of rotatable bonds is 4. The van der Waals surface area contributed by atoms with E-state index >= 15 is 0 Å². The third kappa shape index (κ3) is 5.85. The van der Waals surface area contributed by atoms with Gasteiger partial charge in [0.2, 0.25) is 0 Å². The van der Waals surface area contributed by atoms with Gasteiger partial charge >= 0.3 is 0 Å². The van der Waals surface area contributed by atoms with E-state index in [1.54, 1.807) is 0 Å². The van der Waals surface area contributed by atoms with Crippen LogP contribution in [-0.2, 0) is 9.68 Å². The van der Waals surface area contributed by atoms with Gasteiger partial charge in [0.1, 0.15) is 6.61 Å². The first-order valence-electron chi connectivity index (χ1n) is 2.23. The summed E-state index contributed by atoms with van der Waals surface area (Å²) in [5.41, 5.74) is 0. The molecule has 2 nitrogen and oxygen atoms in total. The molecule has 0 radical (unpaired) electrons. The highest BCUT2D eigenvalue weighted by molar-refractivity contribution is 4.20. The first-order valence-corrected chi connectivity index (χ1v) is 2.23. The van der Waals surface area contributed by atoms with Crippen molar-refractivity contribution in [1.29, 1.82) is 0 Å². The largest absolute Gasteiger partial charge is 0.379 e. The van der Waals surface area contributed by atoms with Gasteiger partial charge in [0.05, 0.1) is 6.61 Å². The van der Waals surface area contributed by atoms with Crippen molar-refractivity contribution in [3.05, 3.63) is 0 Å². The average molecular weight is 108 g/mol. The average Bonchev–Trinajstić information content (AvgIpc) is 1.69. The Morgan fingerprint density at radius 2 is 2.14 bits per heavy atom. The Labute approximate surface area is 42.1 Å². The van der Waals surface area contributed by atoms with Crippen LogP contribution in [0.5, 0.6) is 0 Å². The first-order chi connectivity index (χ1) is 3.41. The second-order valence-corrected chi connectivity index (χ2v) is 1.01. The quantitative estimate of drug-likeness (QED) is 0.498. The Bertz CT molecular complexity index is 28.9. The molecule has 0 bridgehead atoms. The molecule has 0 aliphatic heterocycles. The van der Waals surface area contributed by atoms with Gasteiger partial charge in [-0.2, -0.15) is 4.94 Å². The number of hydrogen-bond acceptors (Lipinski definition) is 2. The Hall–Kier alpha value is -0.150. The van der Waals surface area contributed by atoms with E-state index in [1.807, 2.05) is 6.92 Å². The molecule has 0 heterocycles. The predicted molar refractivity (Wildman–Crippen MR) is 23.6 cm³/mol. The van der Waals surface area contributed by atoms with Gasteiger partial charge in [-0.3, -0.25) is 0 Å². The molecule has 44 valence electrons. The molecule has 7 heavy (non-hydrogen) atoms. The van der Waals surface area contributed by atoms with Crippen LogP contribution in [0.1, 0.15) is 6.92 Å². The highest BCUT2D eigenvalue weighted by Gasteiger charge is 1.81. The van der Waals surface area contributed by atoms with Crippen LogP contribution in [-0.4, -0.2) is 19.8 Å². The molecule has 0 fully saturated rings. The van der Waals surface area contributed by atoms with Crippen molar-refractivity contribution in [2.24, 2.45) is 0 Å². The maximum Gasteiger partial charge on any atom is 0.111 e. The molecule has 0 unspecified atom stereocenters. The van der Waals surface area contributed by atoms with Crippen molar-refractivity contribution in [3.8, 4) is 0 Å². The molecule has 0 atom stereocenters. The van der Waals surface area contributed by atoms with Gasteiger partial charge in [-0.05, 0) is 11.4 Å². The number of ether oxygens (including phenoxy) is 1. The molecule has 0 aliphatic rings. The number of hydrogen-bond donors (Lipinski definition) is 0. The summed E-state index contributed by atoms with van der Waals surface area (Å²) in [6, 6.07) is 0. The Morgan fingerprint density at radius 3 is 2.57 bits per heavy atom. The van der Waals surface area contributed by atoms with Crippen LogP contribution >= 0.6 is 0 Å². The highest BCUT2D eigenvalue weighted by atomic mass is 19.3. The summed E-state index contributed by atoms with van der Waals surface area (Å²) < 4.78 is 15.4. The fourth-order valence-electron chi connectivity index (χ4n) is 0.235. The molecule has 0 aliphatic carbocycles. The van der Waals surface area contributed by atoms with Gasteiger partial charge in [-0.1, -0.05) is 0 Å². The van der Waals surface area contributed by atoms with Gasteiger partial charge in [-0.15, -0.1) is 0 Å². The molecule has 0 aromatic carbocycles. The van der Waals surface area contributed by atoms with Crippen LogP contribution in [0, 0.1) is 0 Å². The van der Waals surface area contributed by atoms with E-state index in [1.165, 1.54) is 0 Å². The summed E-state index contributed by atoms with van der Waals surface area (Å²) in [4.78, 5) is 3.22. The second kappa shape index (κ2) is 5.85. The molecule has 0 spiro atoms. The zero-order valence-electron chi connectivity index (χ0n) is 4.32. The molecule has 0 aromatic rings. The van der Waals surface area contributed by atoms with Crippen LogP contribution < -0.4 is 0 Å². The smallest absolute Gasteiger partial charge is 0.111 e. The summed E-state index contributed by atoms with van der Waals surface area (Å²) in [7, 11) is 0. The van der Waals surface area contributed by atoms with Crippen molar-refractivity contribution in [1.82, 2.24) is 0 Å². The minimum absolute atomic E-state index is 0.0356. The molecular formula is C4H9FO2. The van der Waals surface area contributed by atoms with E-state index in [2.05, 4.69) is 4.94 Å². The van der Waals surface area contributed by atoms with Crippen molar-refractivity contribution in [3.63, 3.8) is 0 Å². The molecule has 0 N–H and O–H groups in total. The van der Waals surface area contributed by atoms with Crippen LogP contribution in [0.15, 0.2) is 0 Å². The fraction of sp³-hybridized carbons (Fsp3) is 1.00. The van der Waals surface area contributed by atoms with Gasteiger partial charge in [-0.25, -0.2) is 0 Å². The van der Waals surface area contributed by atoms with Crippen molar-refractivity contribution in [2.45, 2.75) is 6.92 Å². The van der Waals surface area contributed by atoms with E-state index in [0.717, 1.165) is 0 Å². The summed E-state index contributed by atoms with van der Waals surface area (Å²) >= 11 is 0. The lowest BCUT2D eigenvalue weighted by atomic mass is 10.8. The summed E-state index contributed by atoms with van der Waals surface area (Å²) in [5.74, 6) is 0. The maximum atomic E-state index is 10.7. The van der Waals surface area contributed by atoms with E-state index in [0.29, 0.717) is 13.2 Å². The lowest BCUT2D eigenvalue weighted by molar-refractivity contribution is -0.145. The van der Waals surface area contributed by atoms with Gasteiger partial charge in [0, 0.05) is 6.61 Å². The first kappa shape index (κ1) is 6.85. The minimum atomic E-state index is 0.0356. The van der Waals surface area contributed by atoms with E-state index < -0.39 is 0 Å². The lowest BCUT2D eigenvalue weighted by Gasteiger charge is -1.93. The third-order valence-electron chi connectivity index (χ3n) is 0.509. The van der Waals surface area contributed by atoms with Crippen molar-refractivity contribution < 1.29 is 14.2 Å². The van der Waals surface area contributed by atoms with Crippen molar-refractivity contribution >= 4 is 0 Å². The van der Waals surface area contributed by atoms with Crippen LogP contribution in [0.25, 0.3) is 0 Å². The topological polar surface area (TPSA) is 18.5 Å². The second-order valence-electron chi connectivity index (χ2n) is 1.01. The summed E-state index contributed by atoms with van der Waals surface area (Å²) in [6.07, 6.45) is 0. The third-order valence-corrected chi connectivity index (χ3v) is 0.509. The van der Waals surface area contributed by atoms with Gasteiger partial charge in [0.15, 0.2) is 0 Å². The molecular weight excluding hydrogens is 99.0 g/mol. The van der Waals surface area contributed by atoms with E-state index in [9.17, 15) is 4.53 Å². The highest BCUT2D eigenvalue weighted by Crippen LogP contribution is 1.75. The van der Waals surface area contributed by atoms with Gasteiger partial charge < -0.3 is 4.74 Å². The molecule has 0 saturated carbocycles. The molecule has 0 aromatic heterocycles. The van der Waals surface area contributed by atoms with Crippen LogP contribution in [0.4, 0.5) is 4.53 Å². The summed E-state index contributed by atoms with van der Waals surface area (Å²) in [5, 5.41) is 0. The minimum Gasteiger partial charge on any atom is -0.379 e. The van der Waals surface area contributed by atoms with Crippen molar-refractivity contribution in [2.75, 3.05) is 19.8 Å². The van der Waals surface area contributed by atoms with Crippen LogP contribution in [0.3, 0.4) is 0 Å². The van der Waals surface area contributed by atoms with Gasteiger partial charge in [0.25, 0.3) is 0 Å². The predicted octanol–water partition coefficient (Wildman–Crippen LogP) is 0.924. The van der Waals surface area contributed by atoms with Crippen LogP contribution in [0.2, 0.25) is 0 Å². The standard InChI is InChI=1S/C4H9FO2/c1-2-6-3-4-7-5/h2-4H2,1H3. The number of halogens is 1. The van der Waals surface area contributed by atoms with E-state index in [-0.39, 0.29) is 6.61 Å². The monoisotopic (exact) mass is 108 g/mol. The zero-order chi connectivity index (χ0) is 5.54. The molecule has 3 heteroatoms. The summed E-state index contributed by atoms with van der Waals surface area (Å²) in [6.45, 7) is 2.84. The Balaban J connectivity index is 2.45. The van der Waals surface area contributed by atoms with E-state index in [4.69, 9.17) is 4.74 Å². The molecule has 0 rings (SSSR count). The Kier molecular flexibility index (Phi) is 5.72. The molecule has 0 saturated heterocycles. The fourth-order valence-corrected chi connectivity index (χ4v) is 0.235. The molecule has 0 amide bonds. The maximum absolute atomic E-state index is 10.7. The normalized spacial score (nSPS) is 9.43. The lowest BCUT2D eigenvalue weighted by Crippen LogP contribution is -1.98. The SMILES string of the molecule is CCOCCOF. The Morgan fingerprint density at radius 1 is 1.43 bits per heavy atom.